The number of aliphatic hydroxyl groups is 1. The third kappa shape index (κ3) is 1.47. The van der Waals surface area contributed by atoms with Crippen LogP contribution in [0.5, 0.6) is 0 Å². The highest BCUT2D eigenvalue weighted by atomic mass is 16.5. The van der Waals surface area contributed by atoms with Crippen molar-refractivity contribution in [2.24, 2.45) is 28.6 Å². The van der Waals surface area contributed by atoms with Crippen molar-refractivity contribution in [3.63, 3.8) is 0 Å². The molecule has 2 nitrogen and oxygen atoms in total. The first-order valence-electron chi connectivity index (χ1n) is 9.05. The molecular formula is C19H28O2. The molecule has 0 amide bonds. The standard InChI is InChI=1S/C19H28O2/c1-18-8-7-14-12-4-3-11-9-15(20)16(10-19(11,14)2)21-17(18)6-5-13(12)18/h3,12-17,20H,4-10H2,1-2H3/t12-,13-,14+,15?,16?,17?,18-,19-/m0/s1. The van der Waals surface area contributed by atoms with Crippen molar-refractivity contribution >= 4 is 0 Å². The van der Waals surface area contributed by atoms with E-state index in [0.29, 0.717) is 16.9 Å². The molecule has 2 saturated heterocycles. The van der Waals surface area contributed by atoms with Gasteiger partial charge in [0.15, 0.2) is 0 Å². The fourth-order valence-electron chi connectivity index (χ4n) is 7.19. The lowest BCUT2D eigenvalue weighted by Gasteiger charge is -2.56. The number of ether oxygens (including phenoxy) is 1. The highest BCUT2D eigenvalue weighted by Gasteiger charge is 2.62. The third-order valence-electron chi connectivity index (χ3n) is 8.36. The average molecular weight is 288 g/mol. The molecule has 3 saturated carbocycles. The van der Waals surface area contributed by atoms with Gasteiger partial charge in [-0.05, 0) is 73.5 Å². The molecule has 4 aliphatic carbocycles. The lowest BCUT2D eigenvalue weighted by molar-refractivity contribution is -0.128. The number of allylic oxidation sites excluding steroid dienone is 1. The Kier molecular flexibility index (Phi) is 2.47. The third-order valence-corrected chi connectivity index (χ3v) is 8.36. The summed E-state index contributed by atoms with van der Waals surface area (Å²) >= 11 is 0. The minimum atomic E-state index is -0.277. The van der Waals surface area contributed by atoms with Crippen LogP contribution in [0.2, 0.25) is 0 Å². The van der Waals surface area contributed by atoms with E-state index in [-0.39, 0.29) is 12.2 Å². The number of rotatable bonds is 0. The Morgan fingerprint density at radius 3 is 2.90 bits per heavy atom. The van der Waals surface area contributed by atoms with Crippen LogP contribution in [0.4, 0.5) is 0 Å². The zero-order chi connectivity index (χ0) is 14.4. The van der Waals surface area contributed by atoms with E-state index in [1.54, 1.807) is 5.57 Å². The van der Waals surface area contributed by atoms with E-state index in [1.807, 2.05) is 0 Å². The normalized spacial score (nSPS) is 61.2. The molecule has 5 fully saturated rings. The highest BCUT2D eigenvalue weighted by molar-refractivity contribution is 5.27. The molecule has 2 aliphatic heterocycles. The molecule has 8 atom stereocenters. The molecule has 6 rings (SSSR count). The van der Waals surface area contributed by atoms with E-state index >= 15 is 0 Å². The molecule has 0 aromatic heterocycles. The molecule has 2 heteroatoms. The number of hydrogen-bond donors (Lipinski definition) is 1. The summed E-state index contributed by atoms with van der Waals surface area (Å²) < 4.78 is 6.59. The van der Waals surface area contributed by atoms with E-state index in [1.165, 1.54) is 32.1 Å². The second-order valence-corrected chi connectivity index (χ2v) is 9.02. The Balaban J connectivity index is 1.70. The quantitative estimate of drug-likeness (QED) is 0.689. The number of hydrogen-bond acceptors (Lipinski definition) is 2. The van der Waals surface area contributed by atoms with Gasteiger partial charge in [-0.25, -0.2) is 0 Å². The minimum absolute atomic E-state index is 0.0766. The summed E-state index contributed by atoms with van der Waals surface area (Å²) in [5, 5.41) is 10.6. The topological polar surface area (TPSA) is 29.5 Å². The summed E-state index contributed by atoms with van der Waals surface area (Å²) in [6, 6.07) is 0. The van der Waals surface area contributed by atoms with Crippen LogP contribution in [-0.2, 0) is 4.74 Å². The van der Waals surface area contributed by atoms with E-state index in [2.05, 4.69) is 19.9 Å². The van der Waals surface area contributed by atoms with Gasteiger partial charge in [0.05, 0.1) is 18.3 Å². The SMILES string of the molecule is C[C@]12CC3OC4CC[C@H]5[C@H](CC=C1CC3O)[C@H]2CC[C@]45C. The maximum Gasteiger partial charge on any atom is 0.0849 e. The van der Waals surface area contributed by atoms with Crippen molar-refractivity contribution in [1.82, 2.24) is 0 Å². The molecule has 0 radical (unpaired) electrons. The summed E-state index contributed by atoms with van der Waals surface area (Å²) in [5.74, 6) is 2.57. The fourth-order valence-corrected chi connectivity index (χ4v) is 7.19. The smallest absolute Gasteiger partial charge is 0.0849 e. The Morgan fingerprint density at radius 2 is 2.05 bits per heavy atom. The zero-order valence-electron chi connectivity index (χ0n) is 13.3. The molecule has 1 N–H and O–H groups in total. The molecule has 0 aromatic carbocycles. The first kappa shape index (κ1) is 13.1. The van der Waals surface area contributed by atoms with Gasteiger partial charge in [-0.2, -0.15) is 0 Å². The minimum Gasteiger partial charge on any atom is -0.390 e. The van der Waals surface area contributed by atoms with Crippen LogP contribution >= 0.6 is 0 Å². The predicted molar refractivity (Wildman–Crippen MR) is 81.8 cm³/mol. The Bertz CT molecular complexity index is 512. The summed E-state index contributed by atoms with van der Waals surface area (Å²) in [4.78, 5) is 0. The van der Waals surface area contributed by atoms with Gasteiger partial charge >= 0.3 is 0 Å². The van der Waals surface area contributed by atoms with Crippen LogP contribution in [0.25, 0.3) is 0 Å². The first-order valence-corrected chi connectivity index (χ1v) is 9.05. The molecule has 6 aliphatic rings. The highest BCUT2D eigenvalue weighted by Crippen LogP contribution is 2.67. The second kappa shape index (κ2) is 3.94. The van der Waals surface area contributed by atoms with Gasteiger partial charge in [-0.15, -0.1) is 0 Å². The molecule has 2 heterocycles. The van der Waals surface area contributed by atoms with Gasteiger partial charge in [-0.1, -0.05) is 25.5 Å². The largest absolute Gasteiger partial charge is 0.390 e. The van der Waals surface area contributed by atoms with Crippen LogP contribution in [-0.4, -0.2) is 23.4 Å². The molecule has 0 aromatic rings. The Hall–Kier alpha value is -0.340. The van der Waals surface area contributed by atoms with E-state index < -0.39 is 0 Å². The van der Waals surface area contributed by atoms with Crippen LogP contribution in [0.15, 0.2) is 11.6 Å². The van der Waals surface area contributed by atoms with Gasteiger partial charge in [0.25, 0.3) is 0 Å². The number of fused-ring (bicyclic) bond motifs is 1. The number of aliphatic hydroxyl groups excluding tert-OH is 1. The van der Waals surface area contributed by atoms with Gasteiger partial charge in [0.1, 0.15) is 0 Å². The monoisotopic (exact) mass is 288 g/mol. The lowest BCUT2D eigenvalue weighted by atomic mass is 9.48. The van der Waals surface area contributed by atoms with Gasteiger partial charge < -0.3 is 9.84 Å². The molecule has 21 heavy (non-hydrogen) atoms. The zero-order valence-corrected chi connectivity index (χ0v) is 13.3. The molecule has 3 unspecified atom stereocenters. The molecule has 7 bridgehead atoms. The fraction of sp³-hybridized carbons (Fsp3) is 0.895. The molecular weight excluding hydrogens is 260 g/mol. The molecule has 116 valence electrons. The van der Waals surface area contributed by atoms with E-state index in [0.717, 1.165) is 30.6 Å². The average Bonchev–Trinajstić information content (AvgIpc) is 2.78. The second-order valence-electron chi connectivity index (χ2n) is 9.02. The van der Waals surface area contributed by atoms with Crippen molar-refractivity contribution in [3.8, 4) is 0 Å². The van der Waals surface area contributed by atoms with E-state index in [4.69, 9.17) is 4.74 Å². The van der Waals surface area contributed by atoms with Crippen molar-refractivity contribution in [2.45, 2.75) is 77.1 Å². The van der Waals surface area contributed by atoms with Crippen molar-refractivity contribution < 1.29 is 9.84 Å². The summed E-state index contributed by atoms with van der Waals surface area (Å²) in [6.45, 7) is 4.98. The van der Waals surface area contributed by atoms with Crippen LogP contribution < -0.4 is 0 Å². The van der Waals surface area contributed by atoms with Gasteiger partial charge in [0, 0.05) is 0 Å². The molecule has 0 spiro atoms. The van der Waals surface area contributed by atoms with E-state index in [9.17, 15) is 5.11 Å². The van der Waals surface area contributed by atoms with Crippen molar-refractivity contribution in [3.05, 3.63) is 11.6 Å². The van der Waals surface area contributed by atoms with Crippen LogP contribution in [0.1, 0.15) is 58.8 Å². The lowest BCUT2D eigenvalue weighted by Crippen LogP contribution is -2.50. The summed E-state index contributed by atoms with van der Waals surface area (Å²) in [6.07, 6.45) is 11.2. The predicted octanol–water partition coefficient (Wildman–Crippen LogP) is 3.69. The van der Waals surface area contributed by atoms with Crippen molar-refractivity contribution in [2.75, 3.05) is 0 Å². The Labute approximate surface area is 127 Å². The maximum atomic E-state index is 10.6. The van der Waals surface area contributed by atoms with Crippen LogP contribution in [0, 0.1) is 28.6 Å². The summed E-state index contributed by atoms with van der Waals surface area (Å²) in [7, 11) is 0. The van der Waals surface area contributed by atoms with Gasteiger partial charge in [-0.3, -0.25) is 0 Å². The van der Waals surface area contributed by atoms with Crippen LogP contribution in [0.3, 0.4) is 0 Å². The van der Waals surface area contributed by atoms with Gasteiger partial charge in [0.2, 0.25) is 0 Å². The summed E-state index contributed by atoms with van der Waals surface area (Å²) in [5.41, 5.74) is 2.23. The Morgan fingerprint density at radius 1 is 1.19 bits per heavy atom. The van der Waals surface area contributed by atoms with Crippen molar-refractivity contribution in [1.29, 1.82) is 0 Å². The first-order chi connectivity index (χ1) is 10.0. The maximum absolute atomic E-state index is 10.6.